The minimum atomic E-state index is -0.722. The van der Waals surface area contributed by atoms with Crippen LogP contribution in [0.3, 0.4) is 0 Å². The maximum Gasteiger partial charge on any atom is 0.267 e. The number of hydrogen-bond acceptors (Lipinski definition) is 6. The Bertz CT molecular complexity index is 1030. The average molecular weight is 365 g/mol. The van der Waals surface area contributed by atoms with E-state index >= 15 is 0 Å². The Morgan fingerprint density at radius 2 is 2.11 bits per heavy atom. The number of nitrogens with one attached hydrogen (secondary N) is 1. The molecule has 0 aliphatic heterocycles. The van der Waals surface area contributed by atoms with Crippen molar-refractivity contribution in [3.63, 3.8) is 0 Å². The zero-order chi connectivity index (χ0) is 18.8. The van der Waals surface area contributed by atoms with E-state index in [0.29, 0.717) is 11.7 Å². The van der Waals surface area contributed by atoms with Crippen LogP contribution in [0.2, 0.25) is 0 Å². The van der Waals surface area contributed by atoms with Gasteiger partial charge in [-0.3, -0.25) is 9.59 Å². The molecule has 3 aromatic rings. The summed E-state index contributed by atoms with van der Waals surface area (Å²) in [6.45, 7) is 1.73. The molecule has 0 saturated heterocycles. The number of aryl methyl sites for hydroxylation is 2. The van der Waals surface area contributed by atoms with Crippen molar-refractivity contribution in [3.05, 3.63) is 63.9 Å². The molecule has 0 fully saturated rings. The van der Waals surface area contributed by atoms with Gasteiger partial charge in [0.15, 0.2) is 0 Å². The fourth-order valence-electron chi connectivity index (χ4n) is 3.15. The highest BCUT2D eigenvalue weighted by Crippen LogP contribution is 2.18. The van der Waals surface area contributed by atoms with E-state index in [9.17, 15) is 9.59 Å². The zero-order valence-corrected chi connectivity index (χ0v) is 14.9. The molecule has 0 unspecified atom stereocenters. The first-order valence-electron chi connectivity index (χ1n) is 8.89. The molecule has 8 heteroatoms. The number of carbonyl (C=O) groups excluding carboxylic acids is 1. The second-order valence-corrected chi connectivity index (χ2v) is 6.52. The molecule has 27 heavy (non-hydrogen) atoms. The Kier molecular flexibility index (Phi) is 4.53. The van der Waals surface area contributed by atoms with Gasteiger partial charge in [0, 0.05) is 11.6 Å². The van der Waals surface area contributed by atoms with Crippen LogP contribution in [0.1, 0.15) is 36.5 Å². The van der Waals surface area contributed by atoms with Crippen LogP contribution in [0, 0.1) is 0 Å². The van der Waals surface area contributed by atoms with Gasteiger partial charge in [0.25, 0.3) is 5.56 Å². The number of amides is 1. The van der Waals surface area contributed by atoms with Crippen molar-refractivity contribution >= 4 is 5.91 Å². The van der Waals surface area contributed by atoms with Gasteiger partial charge in [-0.1, -0.05) is 35.5 Å². The smallest absolute Gasteiger partial charge is 0.267 e. The van der Waals surface area contributed by atoms with Gasteiger partial charge >= 0.3 is 0 Å². The number of carbonyl (C=O) groups is 1. The molecule has 1 aliphatic carbocycles. The van der Waals surface area contributed by atoms with E-state index in [-0.39, 0.29) is 18.0 Å². The molecule has 0 bridgehead atoms. The van der Waals surface area contributed by atoms with Crippen molar-refractivity contribution in [2.24, 2.45) is 0 Å². The molecule has 0 radical (unpaired) electrons. The van der Waals surface area contributed by atoms with Crippen LogP contribution in [0.15, 0.2) is 45.7 Å². The second-order valence-electron chi connectivity index (χ2n) is 6.52. The quantitative estimate of drug-likeness (QED) is 0.738. The van der Waals surface area contributed by atoms with E-state index < -0.39 is 6.04 Å². The van der Waals surface area contributed by atoms with Gasteiger partial charge in [-0.25, -0.2) is 4.68 Å². The van der Waals surface area contributed by atoms with E-state index in [0.717, 1.165) is 36.1 Å². The van der Waals surface area contributed by atoms with Crippen molar-refractivity contribution in [2.75, 3.05) is 0 Å². The summed E-state index contributed by atoms with van der Waals surface area (Å²) in [5.74, 6) is 0.426. The highest BCUT2D eigenvalue weighted by atomic mass is 16.5. The van der Waals surface area contributed by atoms with E-state index in [4.69, 9.17) is 4.52 Å². The van der Waals surface area contributed by atoms with Gasteiger partial charge in [-0.2, -0.15) is 10.1 Å². The fourth-order valence-corrected chi connectivity index (χ4v) is 3.15. The largest absolute Gasteiger partial charge is 0.345 e. The number of nitrogens with zero attached hydrogens (tertiary/aromatic N) is 4. The maximum absolute atomic E-state index is 12.4. The van der Waals surface area contributed by atoms with Gasteiger partial charge in [0.1, 0.15) is 6.04 Å². The SMILES string of the molecule is C[C@H](C(=O)NCc1nc(-c2ccccc2)no1)n1nc2c(cc1=O)CCC2. The van der Waals surface area contributed by atoms with Crippen LogP contribution < -0.4 is 10.9 Å². The van der Waals surface area contributed by atoms with Crippen molar-refractivity contribution in [2.45, 2.75) is 38.8 Å². The standard InChI is InChI=1S/C19H19N5O3/c1-12(24-17(25)10-14-8-5-9-15(14)22-24)19(26)20-11-16-21-18(23-27-16)13-6-3-2-4-7-13/h2-4,6-7,10,12H,5,8-9,11H2,1H3,(H,20,26)/t12-/m1/s1. The minimum Gasteiger partial charge on any atom is -0.345 e. The molecule has 0 spiro atoms. The number of hydrogen-bond donors (Lipinski definition) is 1. The van der Waals surface area contributed by atoms with Crippen molar-refractivity contribution in [1.29, 1.82) is 0 Å². The Balaban J connectivity index is 1.43. The van der Waals surface area contributed by atoms with E-state index in [2.05, 4.69) is 20.6 Å². The Morgan fingerprint density at radius 3 is 2.93 bits per heavy atom. The number of aromatic nitrogens is 4. The summed E-state index contributed by atoms with van der Waals surface area (Å²) >= 11 is 0. The lowest BCUT2D eigenvalue weighted by atomic mass is 10.2. The molecule has 0 saturated carbocycles. The van der Waals surface area contributed by atoms with Crippen molar-refractivity contribution in [1.82, 2.24) is 25.2 Å². The minimum absolute atomic E-state index is 0.0860. The first kappa shape index (κ1) is 17.1. The van der Waals surface area contributed by atoms with Crippen LogP contribution >= 0.6 is 0 Å². The molecule has 1 N–H and O–H groups in total. The van der Waals surface area contributed by atoms with Crippen LogP contribution in [-0.4, -0.2) is 25.8 Å². The second kappa shape index (κ2) is 7.14. The fraction of sp³-hybridized carbons (Fsp3) is 0.316. The van der Waals surface area contributed by atoms with Gasteiger partial charge in [0.2, 0.25) is 17.6 Å². The van der Waals surface area contributed by atoms with Crippen LogP contribution in [0.4, 0.5) is 0 Å². The first-order chi connectivity index (χ1) is 13.1. The average Bonchev–Trinajstić information content (AvgIpc) is 3.34. The summed E-state index contributed by atoms with van der Waals surface area (Å²) in [7, 11) is 0. The third-order valence-corrected chi connectivity index (χ3v) is 4.64. The van der Waals surface area contributed by atoms with E-state index in [1.165, 1.54) is 4.68 Å². The summed E-state index contributed by atoms with van der Waals surface area (Å²) in [5, 5.41) is 11.0. The van der Waals surface area contributed by atoms with Gasteiger partial charge in [0.05, 0.1) is 12.2 Å². The predicted molar refractivity (Wildman–Crippen MR) is 96.8 cm³/mol. The predicted octanol–water partition coefficient (Wildman–Crippen LogP) is 1.66. The monoisotopic (exact) mass is 365 g/mol. The summed E-state index contributed by atoms with van der Waals surface area (Å²) in [5.41, 5.74) is 2.46. The molecule has 1 aromatic carbocycles. The number of fused-ring (bicyclic) bond motifs is 1. The third kappa shape index (κ3) is 3.51. The summed E-state index contributed by atoms with van der Waals surface area (Å²) in [6, 6.07) is 10.3. The van der Waals surface area contributed by atoms with E-state index in [1.54, 1.807) is 13.0 Å². The Labute approximate surface area is 155 Å². The number of rotatable bonds is 5. The summed E-state index contributed by atoms with van der Waals surface area (Å²) in [6.07, 6.45) is 2.71. The molecule has 8 nitrogen and oxygen atoms in total. The molecular weight excluding hydrogens is 346 g/mol. The lowest BCUT2D eigenvalue weighted by molar-refractivity contribution is -0.124. The highest BCUT2D eigenvalue weighted by Gasteiger charge is 2.21. The normalized spacial score (nSPS) is 14.0. The maximum atomic E-state index is 12.4. The molecule has 2 aromatic heterocycles. The van der Waals surface area contributed by atoms with Crippen molar-refractivity contribution in [3.8, 4) is 11.4 Å². The lowest BCUT2D eigenvalue weighted by Crippen LogP contribution is -2.37. The Hall–Kier alpha value is -3.29. The molecular formula is C19H19N5O3. The molecule has 1 aliphatic rings. The Morgan fingerprint density at radius 1 is 1.30 bits per heavy atom. The molecule has 2 heterocycles. The van der Waals surface area contributed by atoms with Crippen LogP contribution in [0.5, 0.6) is 0 Å². The molecule has 1 atom stereocenters. The van der Waals surface area contributed by atoms with Crippen LogP contribution in [0.25, 0.3) is 11.4 Å². The molecule has 4 rings (SSSR count). The van der Waals surface area contributed by atoms with Gasteiger partial charge in [-0.05, 0) is 31.7 Å². The summed E-state index contributed by atoms with van der Waals surface area (Å²) in [4.78, 5) is 29.0. The topological polar surface area (TPSA) is 103 Å². The molecule has 1 amide bonds. The molecule has 138 valence electrons. The lowest BCUT2D eigenvalue weighted by Gasteiger charge is -2.14. The van der Waals surface area contributed by atoms with Crippen LogP contribution in [-0.2, 0) is 24.2 Å². The van der Waals surface area contributed by atoms with Crippen molar-refractivity contribution < 1.29 is 9.32 Å². The van der Waals surface area contributed by atoms with Gasteiger partial charge in [-0.15, -0.1) is 0 Å². The number of benzene rings is 1. The summed E-state index contributed by atoms with van der Waals surface area (Å²) < 4.78 is 6.42. The highest BCUT2D eigenvalue weighted by molar-refractivity contribution is 5.79. The van der Waals surface area contributed by atoms with E-state index in [1.807, 2.05) is 30.3 Å². The third-order valence-electron chi connectivity index (χ3n) is 4.64. The first-order valence-corrected chi connectivity index (χ1v) is 8.89. The zero-order valence-electron chi connectivity index (χ0n) is 14.9. The van der Waals surface area contributed by atoms with Gasteiger partial charge < -0.3 is 9.84 Å².